The van der Waals surface area contributed by atoms with Gasteiger partial charge in [0.25, 0.3) is 10.0 Å². The van der Waals surface area contributed by atoms with E-state index < -0.39 is 15.8 Å². The van der Waals surface area contributed by atoms with E-state index in [0.29, 0.717) is 22.7 Å². The molecule has 0 amide bonds. The molecule has 0 fully saturated rings. The first kappa shape index (κ1) is 19.1. The second kappa shape index (κ2) is 7.31. The minimum atomic E-state index is -4.00. The zero-order valence-electron chi connectivity index (χ0n) is 15.1. The minimum Gasteiger partial charge on any atom is -0.457 e. The maximum absolute atomic E-state index is 12.8. The Morgan fingerprint density at radius 3 is 2.34 bits per heavy atom. The van der Waals surface area contributed by atoms with Crippen molar-refractivity contribution in [2.24, 2.45) is 7.05 Å². The number of oxazole rings is 1. The predicted octanol–water partition coefficient (Wildman–Crippen LogP) is 4.38. The van der Waals surface area contributed by atoms with Gasteiger partial charge in [-0.15, -0.1) is 0 Å². The maximum Gasteiger partial charge on any atom is 0.419 e. The Kier molecular flexibility index (Phi) is 4.81. The van der Waals surface area contributed by atoms with E-state index >= 15 is 0 Å². The standard InChI is InChI=1S/C20H15ClN2O5S/c1-23-17-11-16(21)19(12-18(17)28-20(23)24)29(25,26)22-13-7-9-15(10-8-13)27-14-5-3-2-4-6-14/h2-12,22H,1H3. The summed E-state index contributed by atoms with van der Waals surface area (Å²) >= 11 is 6.15. The first-order valence-corrected chi connectivity index (χ1v) is 10.3. The number of aryl methyl sites for hydroxylation is 1. The van der Waals surface area contributed by atoms with Crippen molar-refractivity contribution in [3.63, 3.8) is 0 Å². The number of aromatic nitrogens is 1. The van der Waals surface area contributed by atoms with Crippen molar-refractivity contribution in [2.45, 2.75) is 4.90 Å². The average molecular weight is 431 g/mol. The maximum atomic E-state index is 12.8. The molecule has 0 saturated carbocycles. The highest BCUT2D eigenvalue weighted by molar-refractivity contribution is 7.92. The zero-order valence-corrected chi connectivity index (χ0v) is 16.7. The van der Waals surface area contributed by atoms with Gasteiger partial charge < -0.3 is 9.15 Å². The molecular weight excluding hydrogens is 416 g/mol. The number of nitrogens with zero attached hydrogens (tertiary/aromatic N) is 1. The second-order valence-electron chi connectivity index (χ2n) is 6.22. The molecule has 0 aliphatic rings. The van der Waals surface area contributed by atoms with Crippen LogP contribution in [0.5, 0.6) is 11.5 Å². The Balaban J connectivity index is 1.59. The van der Waals surface area contributed by atoms with Crippen LogP contribution >= 0.6 is 11.6 Å². The number of sulfonamides is 1. The van der Waals surface area contributed by atoms with Crippen LogP contribution in [0.2, 0.25) is 5.02 Å². The lowest BCUT2D eigenvalue weighted by Crippen LogP contribution is -2.13. The summed E-state index contributed by atoms with van der Waals surface area (Å²) in [6, 6.07) is 18.3. The van der Waals surface area contributed by atoms with Crippen molar-refractivity contribution in [3.8, 4) is 11.5 Å². The molecule has 4 aromatic rings. The number of hydrogen-bond acceptors (Lipinski definition) is 5. The third-order valence-corrected chi connectivity index (χ3v) is 6.07. The number of ether oxygens (including phenoxy) is 1. The van der Waals surface area contributed by atoms with Gasteiger partial charge in [-0.3, -0.25) is 9.29 Å². The topological polar surface area (TPSA) is 90.5 Å². The van der Waals surface area contributed by atoms with E-state index in [9.17, 15) is 13.2 Å². The number of hydrogen-bond donors (Lipinski definition) is 1. The SMILES string of the molecule is Cn1c(=O)oc2cc(S(=O)(=O)Nc3ccc(Oc4ccccc4)cc3)c(Cl)cc21. The zero-order chi connectivity index (χ0) is 20.6. The Morgan fingerprint density at radius 1 is 1.00 bits per heavy atom. The Morgan fingerprint density at radius 2 is 1.66 bits per heavy atom. The van der Waals surface area contributed by atoms with Gasteiger partial charge in [0.05, 0.1) is 10.5 Å². The monoisotopic (exact) mass is 430 g/mol. The highest BCUT2D eigenvalue weighted by atomic mass is 35.5. The van der Waals surface area contributed by atoms with E-state index in [0.717, 1.165) is 0 Å². The first-order chi connectivity index (χ1) is 13.8. The molecule has 1 N–H and O–H groups in total. The van der Waals surface area contributed by atoms with E-state index in [1.54, 1.807) is 24.3 Å². The predicted molar refractivity (Wildman–Crippen MR) is 110 cm³/mol. The summed E-state index contributed by atoms with van der Waals surface area (Å²) in [6.07, 6.45) is 0. The van der Waals surface area contributed by atoms with Crippen molar-refractivity contribution in [1.82, 2.24) is 4.57 Å². The second-order valence-corrected chi connectivity index (χ2v) is 8.28. The lowest BCUT2D eigenvalue weighted by Gasteiger charge is -2.11. The van der Waals surface area contributed by atoms with E-state index in [-0.39, 0.29) is 15.5 Å². The van der Waals surface area contributed by atoms with Gasteiger partial charge in [-0.1, -0.05) is 29.8 Å². The largest absolute Gasteiger partial charge is 0.457 e. The number of nitrogens with one attached hydrogen (secondary N) is 1. The molecule has 148 valence electrons. The van der Waals surface area contributed by atoms with Crippen molar-refractivity contribution < 1.29 is 17.6 Å². The van der Waals surface area contributed by atoms with Crippen LogP contribution in [0, 0.1) is 0 Å². The van der Waals surface area contributed by atoms with Gasteiger partial charge in [-0.2, -0.15) is 0 Å². The normalized spacial score (nSPS) is 11.5. The summed E-state index contributed by atoms with van der Waals surface area (Å²) in [5, 5.41) is -0.0227. The van der Waals surface area contributed by atoms with Crippen molar-refractivity contribution in [1.29, 1.82) is 0 Å². The Labute approximate surface area is 171 Å². The molecule has 0 spiro atoms. The van der Waals surface area contributed by atoms with E-state index in [4.69, 9.17) is 20.8 Å². The summed E-state index contributed by atoms with van der Waals surface area (Å²) in [4.78, 5) is 11.5. The van der Waals surface area contributed by atoms with Gasteiger partial charge in [0.2, 0.25) is 0 Å². The number of fused-ring (bicyclic) bond motifs is 1. The number of para-hydroxylation sites is 1. The number of rotatable bonds is 5. The van der Waals surface area contributed by atoms with Gasteiger partial charge in [0, 0.05) is 18.8 Å². The third kappa shape index (κ3) is 3.85. The molecule has 0 saturated heterocycles. The van der Waals surface area contributed by atoms with E-state index in [1.165, 1.54) is 23.7 Å². The molecule has 0 aliphatic carbocycles. The minimum absolute atomic E-state index is 0.0227. The molecule has 1 aromatic heterocycles. The van der Waals surface area contributed by atoms with Gasteiger partial charge in [0.1, 0.15) is 16.4 Å². The van der Waals surface area contributed by atoms with Crippen molar-refractivity contribution >= 4 is 38.4 Å². The van der Waals surface area contributed by atoms with Crippen molar-refractivity contribution in [2.75, 3.05) is 4.72 Å². The average Bonchev–Trinajstić information content (AvgIpc) is 2.97. The van der Waals surface area contributed by atoms with Crippen LogP contribution in [0.4, 0.5) is 5.69 Å². The smallest absolute Gasteiger partial charge is 0.419 e. The molecule has 4 rings (SSSR count). The molecular formula is C20H15ClN2O5S. The fourth-order valence-electron chi connectivity index (χ4n) is 2.76. The van der Waals surface area contributed by atoms with Gasteiger partial charge in [0.15, 0.2) is 5.58 Å². The molecule has 9 heteroatoms. The first-order valence-electron chi connectivity index (χ1n) is 8.48. The van der Waals surface area contributed by atoms with Crippen molar-refractivity contribution in [3.05, 3.63) is 82.3 Å². The number of benzene rings is 3. The van der Waals surface area contributed by atoms with Crippen LogP contribution in [0.25, 0.3) is 11.1 Å². The fourth-order valence-corrected chi connectivity index (χ4v) is 4.36. The molecule has 3 aromatic carbocycles. The third-order valence-electron chi connectivity index (χ3n) is 4.22. The van der Waals surface area contributed by atoms with Crippen LogP contribution < -0.4 is 15.2 Å². The van der Waals surface area contributed by atoms with Gasteiger partial charge in [-0.25, -0.2) is 13.2 Å². The molecule has 29 heavy (non-hydrogen) atoms. The summed E-state index contributed by atoms with van der Waals surface area (Å²) in [5.74, 6) is 0.627. The highest BCUT2D eigenvalue weighted by Gasteiger charge is 2.21. The highest BCUT2D eigenvalue weighted by Crippen LogP contribution is 2.29. The van der Waals surface area contributed by atoms with E-state index in [1.807, 2.05) is 30.3 Å². The Hall–Kier alpha value is -3.23. The number of anilines is 1. The summed E-state index contributed by atoms with van der Waals surface area (Å²) in [6.45, 7) is 0. The Bertz CT molecular complexity index is 1340. The molecule has 0 radical (unpaired) electrons. The number of halogens is 1. The van der Waals surface area contributed by atoms with Crippen LogP contribution in [0.1, 0.15) is 0 Å². The van der Waals surface area contributed by atoms with Crippen LogP contribution in [-0.4, -0.2) is 13.0 Å². The molecule has 0 unspecified atom stereocenters. The molecule has 7 nitrogen and oxygen atoms in total. The van der Waals surface area contributed by atoms with Gasteiger partial charge in [-0.05, 0) is 42.5 Å². The van der Waals surface area contributed by atoms with Crippen LogP contribution in [0.15, 0.2) is 80.8 Å². The fraction of sp³-hybridized carbons (Fsp3) is 0.0500. The summed E-state index contributed by atoms with van der Waals surface area (Å²) in [5.41, 5.74) is 0.867. The van der Waals surface area contributed by atoms with E-state index in [2.05, 4.69) is 4.72 Å². The molecule has 0 bridgehead atoms. The summed E-state index contributed by atoms with van der Waals surface area (Å²) in [7, 11) is -2.49. The lowest BCUT2D eigenvalue weighted by molar-refractivity contribution is 0.483. The molecule has 1 heterocycles. The quantitative estimate of drug-likeness (QED) is 0.507. The lowest BCUT2D eigenvalue weighted by atomic mass is 10.3. The summed E-state index contributed by atoms with van der Waals surface area (Å²) < 4.78 is 40.0. The van der Waals surface area contributed by atoms with Crippen LogP contribution in [0.3, 0.4) is 0 Å². The van der Waals surface area contributed by atoms with Gasteiger partial charge >= 0.3 is 5.76 Å². The van der Waals surface area contributed by atoms with Crippen LogP contribution in [-0.2, 0) is 17.1 Å². The molecule has 0 atom stereocenters. The molecule has 0 aliphatic heterocycles.